The zero-order valence-corrected chi connectivity index (χ0v) is 20.5. The zero-order valence-electron chi connectivity index (χ0n) is 19.0. The summed E-state index contributed by atoms with van der Waals surface area (Å²) in [7, 11) is 0. The quantitative estimate of drug-likeness (QED) is 0.449. The summed E-state index contributed by atoms with van der Waals surface area (Å²) in [5.41, 5.74) is 6.05. The highest BCUT2D eigenvalue weighted by atomic mass is 35.5. The molecule has 0 radical (unpaired) electrons. The minimum atomic E-state index is -2.05. The van der Waals surface area contributed by atoms with Gasteiger partial charge in [0.25, 0.3) is 5.91 Å². The Labute approximate surface area is 213 Å². The molecule has 2 atom stereocenters. The Hall–Kier alpha value is -2.97. The highest BCUT2D eigenvalue weighted by Crippen LogP contribution is 2.35. The number of nitrogens with two attached hydrogens (primary N) is 1. The molecule has 4 rings (SSSR count). The van der Waals surface area contributed by atoms with Crippen LogP contribution in [0.3, 0.4) is 0 Å². The largest absolute Gasteiger partial charge is 0.372 e. The summed E-state index contributed by atoms with van der Waals surface area (Å²) in [5, 5.41) is 15.7. The summed E-state index contributed by atoms with van der Waals surface area (Å²) < 4.78 is 0. The van der Waals surface area contributed by atoms with E-state index in [4.69, 9.17) is 28.9 Å². The number of hydrogen-bond donors (Lipinski definition) is 3. The van der Waals surface area contributed by atoms with Crippen molar-refractivity contribution in [3.63, 3.8) is 0 Å². The van der Waals surface area contributed by atoms with Crippen molar-refractivity contribution in [1.82, 2.24) is 15.2 Å². The molecular formula is C26H26Cl2N4O3. The van der Waals surface area contributed by atoms with Crippen LogP contribution in [0.1, 0.15) is 35.1 Å². The normalized spacial score (nSPS) is 17.1. The number of pyridine rings is 1. The van der Waals surface area contributed by atoms with E-state index < -0.39 is 17.6 Å². The number of aliphatic hydroxyl groups is 1. The first-order valence-electron chi connectivity index (χ1n) is 11.3. The predicted octanol–water partition coefficient (Wildman–Crippen LogP) is 3.39. The van der Waals surface area contributed by atoms with E-state index in [1.807, 2.05) is 6.07 Å². The van der Waals surface area contributed by atoms with Crippen molar-refractivity contribution >= 4 is 35.0 Å². The highest BCUT2D eigenvalue weighted by Gasteiger charge is 2.47. The first-order chi connectivity index (χ1) is 16.8. The summed E-state index contributed by atoms with van der Waals surface area (Å²) in [5.74, 6) is -0.908. The Bertz CT molecular complexity index is 1220. The van der Waals surface area contributed by atoms with E-state index in [-0.39, 0.29) is 12.5 Å². The Kier molecular flexibility index (Phi) is 7.72. The third kappa shape index (κ3) is 5.18. The van der Waals surface area contributed by atoms with Gasteiger partial charge in [0, 0.05) is 47.6 Å². The van der Waals surface area contributed by atoms with Crippen molar-refractivity contribution in [3.05, 3.63) is 99.3 Å². The van der Waals surface area contributed by atoms with Crippen molar-refractivity contribution in [1.29, 1.82) is 0 Å². The third-order valence-corrected chi connectivity index (χ3v) is 6.76. The molecule has 35 heavy (non-hydrogen) atoms. The van der Waals surface area contributed by atoms with Crippen molar-refractivity contribution in [2.45, 2.75) is 37.6 Å². The maximum Gasteiger partial charge on any atom is 0.264 e. The molecule has 2 heterocycles. The summed E-state index contributed by atoms with van der Waals surface area (Å²) in [6, 6.07) is 14.4. The van der Waals surface area contributed by atoms with E-state index in [2.05, 4.69) is 10.3 Å². The zero-order chi connectivity index (χ0) is 25.0. The van der Waals surface area contributed by atoms with Crippen LogP contribution in [0.5, 0.6) is 0 Å². The lowest BCUT2D eigenvalue weighted by atomic mass is 9.85. The van der Waals surface area contributed by atoms with Crippen LogP contribution in [0.4, 0.5) is 0 Å². The smallest absolute Gasteiger partial charge is 0.264 e. The molecule has 1 saturated heterocycles. The van der Waals surface area contributed by atoms with Gasteiger partial charge in [-0.3, -0.25) is 14.6 Å². The summed E-state index contributed by atoms with van der Waals surface area (Å²) in [6.07, 6.45) is 4.12. The maximum atomic E-state index is 13.9. The van der Waals surface area contributed by atoms with Crippen LogP contribution < -0.4 is 11.1 Å². The van der Waals surface area contributed by atoms with E-state index in [0.717, 1.165) is 11.1 Å². The molecule has 1 aliphatic rings. The van der Waals surface area contributed by atoms with Crippen LogP contribution >= 0.6 is 23.2 Å². The average Bonchev–Trinajstić information content (AvgIpc) is 3.37. The number of halogens is 2. The lowest BCUT2D eigenvalue weighted by molar-refractivity contribution is -0.152. The van der Waals surface area contributed by atoms with Crippen molar-refractivity contribution < 1.29 is 14.7 Å². The highest BCUT2D eigenvalue weighted by molar-refractivity contribution is 6.31. The Morgan fingerprint density at radius 3 is 2.57 bits per heavy atom. The number of benzene rings is 2. The van der Waals surface area contributed by atoms with Gasteiger partial charge in [0.1, 0.15) is 6.04 Å². The average molecular weight is 513 g/mol. The van der Waals surface area contributed by atoms with E-state index in [0.29, 0.717) is 47.1 Å². The van der Waals surface area contributed by atoms with Gasteiger partial charge in [-0.1, -0.05) is 47.5 Å². The van der Waals surface area contributed by atoms with Gasteiger partial charge >= 0.3 is 0 Å². The topological polar surface area (TPSA) is 109 Å². The minimum absolute atomic E-state index is 0.228. The van der Waals surface area contributed by atoms with Gasteiger partial charge < -0.3 is 21.1 Å². The van der Waals surface area contributed by atoms with Crippen LogP contribution in [0, 0.1) is 0 Å². The van der Waals surface area contributed by atoms with Gasteiger partial charge in [-0.15, -0.1) is 0 Å². The van der Waals surface area contributed by atoms with Gasteiger partial charge in [0.2, 0.25) is 5.91 Å². The third-order valence-electron chi connectivity index (χ3n) is 6.29. The molecule has 2 amide bonds. The van der Waals surface area contributed by atoms with E-state index >= 15 is 0 Å². The molecule has 9 heteroatoms. The second-order valence-corrected chi connectivity index (χ2v) is 9.33. The number of hydrogen-bond acceptors (Lipinski definition) is 5. The van der Waals surface area contributed by atoms with Crippen molar-refractivity contribution in [2.75, 3.05) is 6.54 Å². The van der Waals surface area contributed by atoms with Gasteiger partial charge in [-0.2, -0.15) is 0 Å². The fraction of sp³-hybridized carbons (Fsp3) is 0.269. The number of rotatable bonds is 7. The number of carbonyl (C=O) groups is 2. The number of nitrogens with one attached hydrogen (secondary N) is 1. The van der Waals surface area contributed by atoms with Crippen molar-refractivity contribution in [3.8, 4) is 0 Å². The van der Waals surface area contributed by atoms with Gasteiger partial charge in [0.05, 0.1) is 0 Å². The van der Waals surface area contributed by atoms with Crippen LogP contribution in [0.15, 0.2) is 67.0 Å². The van der Waals surface area contributed by atoms with Crippen molar-refractivity contribution in [2.24, 2.45) is 5.73 Å². The van der Waals surface area contributed by atoms with Crippen LogP contribution in [-0.2, 0) is 28.3 Å². The molecule has 1 aromatic heterocycles. The first kappa shape index (κ1) is 25.1. The Morgan fingerprint density at radius 2 is 1.86 bits per heavy atom. The minimum Gasteiger partial charge on any atom is -0.372 e. The van der Waals surface area contributed by atoms with Gasteiger partial charge in [-0.25, -0.2) is 0 Å². The number of amides is 2. The fourth-order valence-electron chi connectivity index (χ4n) is 4.45. The van der Waals surface area contributed by atoms with Crippen LogP contribution in [0.25, 0.3) is 0 Å². The van der Waals surface area contributed by atoms with E-state index in [1.165, 1.54) is 11.1 Å². The van der Waals surface area contributed by atoms with Crippen LogP contribution in [0.2, 0.25) is 10.0 Å². The standard InChI is InChI=1S/C26H26Cl2N4O3/c27-21-6-1-4-19(13-21)26(35,20-5-2-10-30-16-20)25(34)32-11-3-7-23(32)24(33)31-15-18-12-22(28)9-8-17(18)14-29/h1-2,4-6,8-10,12-13,16,23,35H,3,7,11,14-15,29H2,(H,31,33). The van der Waals surface area contributed by atoms with Gasteiger partial charge in [-0.05, 0) is 59.9 Å². The lowest BCUT2D eigenvalue weighted by Gasteiger charge is -2.34. The maximum absolute atomic E-state index is 13.9. The molecule has 3 aromatic rings. The first-order valence-corrected chi connectivity index (χ1v) is 12.0. The number of carbonyl (C=O) groups excluding carboxylic acids is 2. The number of aromatic nitrogens is 1. The van der Waals surface area contributed by atoms with Crippen LogP contribution in [-0.4, -0.2) is 39.4 Å². The Morgan fingerprint density at radius 1 is 1.09 bits per heavy atom. The van der Waals surface area contributed by atoms with Gasteiger partial charge in [0.15, 0.2) is 5.60 Å². The molecule has 0 aliphatic carbocycles. The molecule has 2 unspecified atom stereocenters. The SMILES string of the molecule is NCc1ccc(Cl)cc1CNC(=O)C1CCCN1C(=O)C(O)(c1cccnc1)c1cccc(Cl)c1. The molecule has 1 aliphatic heterocycles. The molecule has 0 spiro atoms. The molecule has 7 nitrogen and oxygen atoms in total. The molecule has 182 valence electrons. The second kappa shape index (κ2) is 10.7. The second-order valence-electron chi connectivity index (χ2n) is 8.45. The predicted molar refractivity (Wildman–Crippen MR) is 135 cm³/mol. The molecular weight excluding hydrogens is 487 g/mol. The number of likely N-dealkylation sites (tertiary alicyclic amines) is 1. The van der Waals surface area contributed by atoms with E-state index in [1.54, 1.807) is 54.7 Å². The fourth-order valence-corrected chi connectivity index (χ4v) is 4.84. The molecule has 2 aromatic carbocycles. The molecule has 0 saturated carbocycles. The monoisotopic (exact) mass is 512 g/mol. The summed E-state index contributed by atoms with van der Waals surface area (Å²) in [4.78, 5) is 32.6. The van der Waals surface area contributed by atoms with E-state index in [9.17, 15) is 14.7 Å². The Balaban J connectivity index is 1.60. The molecule has 4 N–H and O–H groups in total. The molecule has 0 bridgehead atoms. The summed E-state index contributed by atoms with van der Waals surface area (Å²) in [6.45, 7) is 0.880. The molecule has 1 fully saturated rings. The summed E-state index contributed by atoms with van der Waals surface area (Å²) >= 11 is 12.3. The lowest BCUT2D eigenvalue weighted by Crippen LogP contribution is -2.53. The number of nitrogens with zero attached hydrogens (tertiary/aromatic N) is 2.